The van der Waals surface area contributed by atoms with Gasteiger partial charge in [-0.3, -0.25) is 11.8 Å². The van der Waals surface area contributed by atoms with Crippen LogP contribution >= 0.6 is 15.8 Å². The standard InChI is InChI=1S/C18H24P2.2C15H9.2Au/c1-19(17-11-5-3-6-12-17)15-9-10-16-20(2)18-13-7-4-8-14-18;2*1-2-11-7-8-15-13(9-11)10-12-5-3-4-6-14(12)15;;/h3-8,11-14H,9-10,15-16H2,1-2H3;2*3-9H,10H2;;/q;2*-1;2*+1/p+2. The molecule has 8 rings (SSSR count). The second kappa shape index (κ2) is 20.9. The molecular formula is C48H44Au2P2+2. The molecule has 2 atom stereocenters. The minimum Gasteiger partial charge on any atom is -0.366 e. The molecule has 52 heavy (non-hydrogen) atoms. The predicted molar refractivity (Wildman–Crippen MR) is 221 cm³/mol. The van der Waals surface area contributed by atoms with Crippen LogP contribution in [0.4, 0.5) is 0 Å². The van der Waals surface area contributed by atoms with Gasteiger partial charge >= 0.3 is 44.8 Å². The van der Waals surface area contributed by atoms with Crippen molar-refractivity contribution in [2.24, 2.45) is 0 Å². The third kappa shape index (κ3) is 10.7. The van der Waals surface area contributed by atoms with E-state index in [4.69, 9.17) is 12.8 Å². The van der Waals surface area contributed by atoms with Crippen molar-refractivity contribution in [1.82, 2.24) is 0 Å². The SMILES string of the molecule is C[PH+](CCCC[PH+](C)c1ccccc1)c1ccccc1.[Au+].[Au+].[C-]#Cc1ccc2c(c1)Cc1ccccc1-2.[C-]#Cc1ccc2c(c1)Cc1ccccc1-2. The summed E-state index contributed by atoms with van der Waals surface area (Å²) in [6, 6.07) is 51.3. The second-order valence-electron chi connectivity index (χ2n) is 13.2. The summed E-state index contributed by atoms with van der Waals surface area (Å²) in [5.41, 5.74) is 12.4. The fourth-order valence-electron chi connectivity index (χ4n) is 6.96. The van der Waals surface area contributed by atoms with Gasteiger partial charge in [-0.15, -0.1) is 35.4 Å². The molecule has 6 aromatic rings. The summed E-state index contributed by atoms with van der Waals surface area (Å²) >= 11 is 0. The van der Waals surface area contributed by atoms with E-state index in [9.17, 15) is 0 Å². The van der Waals surface area contributed by atoms with Crippen LogP contribution in [0.3, 0.4) is 0 Å². The molecule has 266 valence electrons. The van der Waals surface area contributed by atoms with Gasteiger partial charge in [0, 0.05) is 15.8 Å². The monoisotopic (exact) mass is 1080 g/mol. The molecule has 0 saturated carbocycles. The van der Waals surface area contributed by atoms with Crippen LogP contribution in [-0.4, -0.2) is 25.7 Å². The maximum Gasteiger partial charge on any atom is 1.00 e. The molecular weight excluding hydrogens is 1030 g/mol. The van der Waals surface area contributed by atoms with Crippen LogP contribution in [0.15, 0.2) is 146 Å². The zero-order valence-corrected chi connectivity index (χ0v) is 36.0. The Morgan fingerprint density at radius 2 is 0.788 bits per heavy atom. The average Bonchev–Trinajstić information content (AvgIpc) is 3.75. The van der Waals surface area contributed by atoms with E-state index in [0.717, 1.165) is 24.0 Å². The number of benzene rings is 6. The molecule has 0 bridgehead atoms. The van der Waals surface area contributed by atoms with E-state index in [2.05, 4.69) is 159 Å². The van der Waals surface area contributed by atoms with E-state index in [1.54, 1.807) is 10.6 Å². The molecule has 0 heterocycles. The van der Waals surface area contributed by atoms with Gasteiger partial charge in [0.05, 0.1) is 36.3 Å². The van der Waals surface area contributed by atoms with Gasteiger partial charge in [-0.2, -0.15) is 0 Å². The van der Waals surface area contributed by atoms with Gasteiger partial charge in [0.15, 0.2) is 0 Å². The van der Waals surface area contributed by atoms with Crippen molar-refractivity contribution >= 4 is 26.5 Å². The Hall–Kier alpha value is -3.22. The van der Waals surface area contributed by atoms with Crippen molar-refractivity contribution in [1.29, 1.82) is 0 Å². The van der Waals surface area contributed by atoms with Crippen LogP contribution in [0.25, 0.3) is 22.3 Å². The summed E-state index contributed by atoms with van der Waals surface area (Å²) in [5, 5.41) is 3.17. The van der Waals surface area contributed by atoms with Gasteiger partial charge in [-0.1, -0.05) is 108 Å². The summed E-state index contributed by atoms with van der Waals surface area (Å²) in [5.74, 6) is 4.87. The maximum absolute atomic E-state index is 7.12. The molecule has 0 amide bonds. The van der Waals surface area contributed by atoms with E-state index in [1.807, 2.05) is 12.1 Å². The van der Waals surface area contributed by atoms with Crippen LogP contribution in [-0.2, 0) is 57.6 Å². The zero-order valence-electron chi connectivity index (χ0n) is 29.7. The topological polar surface area (TPSA) is 0 Å². The summed E-state index contributed by atoms with van der Waals surface area (Å²) < 4.78 is 0. The first kappa shape index (κ1) is 41.5. The molecule has 0 aliphatic heterocycles. The normalized spacial score (nSPS) is 12.1. The third-order valence-electron chi connectivity index (χ3n) is 9.76. The molecule has 6 aromatic carbocycles. The Morgan fingerprint density at radius 1 is 0.442 bits per heavy atom. The minimum atomic E-state index is -0.318. The largest absolute Gasteiger partial charge is 1.00 e. The Kier molecular flexibility index (Phi) is 16.7. The van der Waals surface area contributed by atoms with Crippen LogP contribution < -0.4 is 10.6 Å². The maximum atomic E-state index is 7.12. The number of fused-ring (bicyclic) bond motifs is 6. The van der Waals surface area contributed by atoms with E-state index >= 15 is 0 Å². The smallest absolute Gasteiger partial charge is 0.366 e. The second-order valence-corrected chi connectivity index (χ2v) is 18.4. The Labute approximate surface area is 345 Å². The quantitative estimate of drug-likeness (QED) is 0.0491. The third-order valence-corrected chi connectivity index (χ3v) is 14.6. The molecule has 0 aromatic heterocycles. The van der Waals surface area contributed by atoms with Crippen LogP contribution in [0.2, 0.25) is 0 Å². The number of rotatable bonds is 7. The predicted octanol–water partition coefficient (Wildman–Crippen LogP) is 10.5. The van der Waals surface area contributed by atoms with Crippen molar-refractivity contribution in [3.05, 3.63) is 192 Å². The van der Waals surface area contributed by atoms with Gasteiger partial charge in [0.2, 0.25) is 0 Å². The van der Waals surface area contributed by atoms with Gasteiger partial charge < -0.3 is 12.8 Å². The summed E-state index contributed by atoms with van der Waals surface area (Å²) in [4.78, 5) is 0. The van der Waals surface area contributed by atoms with Crippen LogP contribution in [0, 0.1) is 24.7 Å². The van der Waals surface area contributed by atoms with E-state index in [-0.39, 0.29) is 60.6 Å². The molecule has 0 saturated heterocycles. The summed E-state index contributed by atoms with van der Waals surface area (Å²) in [6.07, 6.45) is 21.8. The minimum absolute atomic E-state index is 0. The van der Waals surface area contributed by atoms with Crippen molar-refractivity contribution in [3.8, 4) is 34.1 Å². The first-order valence-electron chi connectivity index (χ1n) is 17.6. The van der Waals surface area contributed by atoms with Crippen molar-refractivity contribution in [2.45, 2.75) is 25.7 Å². The number of hydrogen-bond acceptors (Lipinski definition) is 0. The average molecular weight is 1080 g/mol. The Balaban J connectivity index is 0.000000173. The van der Waals surface area contributed by atoms with E-state index in [1.165, 1.54) is 69.7 Å². The van der Waals surface area contributed by atoms with Crippen molar-refractivity contribution in [3.63, 3.8) is 0 Å². The fraction of sp³-hybridized carbons (Fsp3) is 0.167. The fourth-order valence-corrected chi connectivity index (χ4v) is 10.6. The first-order valence-corrected chi connectivity index (χ1v) is 22.0. The summed E-state index contributed by atoms with van der Waals surface area (Å²) in [6.45, 7) is 4.91. The van der Waals surface area contributed by atoms with Crippen LogP contribution in [0.5, 0.6) is 0 Å². The van der Waals surface area contributed by atoms with Crippen molar-refractivity contribution in [2.75, 3.05) is 25.7 Å². The molecule has 2 aliphatic carbocycles. The summed E-state index contributed by atoms with van der Waals surface area (Å²) in [7, 11) is -0.635. The number of hydrogen-bond donors (Lipinski definition) is 0. The van der Waals surface area contributed by atoms with Gasteiger partial charge in [-0.05, 0) is 83.3 Å². The molecule has 4 heteroatoms. The molecule has 2 aliphatic rings. The Bertz CT molecular complexity index is 1970. The van der Waals surface area contributed by atoms with Gasteiger partial charge in [0.1, 0.15) is 0 Å². The van der Waals surface area contributed by atoms with Crippen molar-refractivity contribution < 1.29 is 44.8 Å². The molecule has 0 spiro atoms. The van der Waals surface area contributed by atoms with Gasteiger partial charge in [-0.25, -0.2) is 0 Å². The molecule has 0 radical (unpaired) electrons. The molecule has 2 unspecified atom stereocenters. The van der Waals surface area contributed by atoms with Crippen LogP contribution in [0.1, 0.15) is 46.2 Å². The Morgan fingerprint density at radius 3 is 1.17 bits per heavy atom. The van der Waals surface area contributed by atoms with E-state index < -0.39 is 0 Å². The first-order chi connectivity index (χ1) is 24.5. The molecule has 0 nitrogen and oxygen atoms in total. The van der Waals surface area contributed by atoms with E-state index in [0.29, 0.717) is 0 Å². The molecule has 0 N–H and O–H groups in total. The number of unbranched alkanes of at least 4 members (excludes halogenated alkanes) is 1. The molecule has 0 fully saturated rings. The zero-order chi connectivity index (χ0) is 34.7. The van der Waals surface area contributed by atoms with Gasteiger partial charge in [0.25, 0.3) is 0 Å².